The average Bonchev–Trinajstić information content (AvgIpc) is 3.24. The number of carbonyl (C=O) groups excluding carboxylic acids is 1. The van der Waals surface area contributed by atoms with E-state index in [0.29, 0.717) is 12.6 Å². The number of likely N-dealkylation sites (tertiary alicyclic amines) is 1. The zero-order valence-electron chi connectivity index (χ0n) is 14.6. The molecule has 24 heavy (non-hydrogen) atoms. The maximum atomic E-state index is 12.7. The molecule has 130 valence electrons. The molecule has 2 heterocycles. The van der Waals surface area contributed by atoms with E-state index in [1.165, 1.54) is 30.4 Å². The van der Waals surface area contributed by atoms with Crippen LogP contribution in [0.15, 0.2) is 24.3 Å². The van der Waals surface area contributed by atoms with Crippen LogP contribution in [0, 0.1) is 12.8 Å². The van der Waals surface area contributed by atoms with Gasteiger partial charge in [0.25, 0.3) is 0 Å². The number of benzene rings is 1. The van der Waals surface area contributed by atoms with Crippen LogP contribution in [0.25, 0.3) is 0 Å². The van der Waals surface area contributed by atoms with E-state index in [1.54, 1.807) is 0 Å². The van der Waals surface area contributed by atoms with Crippen LogP contribution in [-0.2, 0) is 10.2 Å². The molecular formula is C20H28N2O2. The minimum atomic E-state index is 0.0142. The molecule has 1 N–H and O–H groups in total. The Morgan fingerprint density at radius 2 is 2.00 bits per heavy atom. The SMILES string of the molecule is Cc1ccc(C2(CNC(=O)N3CC4CCC3C4)CCOCC2)cc1. The summed E-state index contributed by atoms with van der Waals surface area (Å²) < 4.78 is 5.59. The molecule has 1 aromatic carbocycles. The molecule has 3 aliphatic rings. The second-order valence-electron chi connectivity index (χ2n) is 7.90. The van der Waals surface area contributed by atoms with Gasteiger partial charge in [-0.15, -0.1) is 0 Å². The summed E-state index contributed by atoms with van der Waals surface area (Å²) in [6.07, 6.45) is 5.66. The topological polar surface area (TPSA) is 41.6 Å². The zero-order chi connectivity index (χ0) is 16.6. The lowest BCUT2D eigenvalue weighted by Gasteiger charge is -2.39. The smallest absolute Gasteiger partial charge is 0.317 e. The van der Waals surface area contributed by atoms with Gasteiger partial charge >= 0.3 is 6.03 Å². The Bertz CT molecular complexity index is 592. The highest BCUT2D eigenvalue weighted by molar-refractivity contribution is 5.75. The average molecular weight is 328 g/mol. The Labute approximate surface area is 144 Å². The normalized spacial score (nSPS) is 28.1. The molecule has 2 aliphatic heterocycles. The number of rotatable bonds is 3. The highest BCUT2D eigenvalue weighted by atomic mass is 16.5. The third-order valence-corrected chi connectivity index (χ3v) is 6.36. The quantitative estimate of drug-likeness (QED) is 0.925. The fourth-order valence-corrected chi connectivity index (χ4v) is 4.76. The molecule has 3 fully saturated rings. The number of nitrogens with zero attached hydrogens (tertiary/aromatic N) is 1. The van der Waals surface area contributed by atoms with Gasteiger partial charge in [-0.05, 0) is 50.5 Å². The molecular weight excluding hydrogens is 300 g/mol. The molecule has 1 aliphatic carbocycles. The second-order valence-corrected chi connectivity index (χ2v) is 7.90. The van der Waals surface area contributed by atoms with E-state index in [-0.39, 0.29) is 11.4 Å². The first-order valence-corrected chi connectivity index (χ1v) is 9.36. The Morgan fingerprint density at radius 1 is 1.25 bits per heavy atom. The molecule has 1 aromatic rings. The van der Waals surface area contributed by atoms with Crippen molar-refractivity contribution in [2.75, 3.05) is 26.3 Å². The molecule has 2 amide bonds. The predicted octanol–water partition coefficient (Wildman–Crippen LogP) is 3.24. The lowest BCUT2D eigenvalue weighted by molar-refractivity contribution is 0.0499. The molecule has 4 heteroatoms. The number of urea groups is 1. The molecule has 2 bridgehead atoms. The van der Waals surface area contributed by atoms with Crippen LogP contribution < -0.4 is 5.32 Å². The molecule has 0 aromatic heterocycles. The number of ether oxygens (including phenoxy) is 1. The predicted molar refractivity (Wildman–Crippen MR) is 94.1 cm³/mol. The molecule has 2 atom stereocenters. The fourth-order valence-electron chi connectivity index (χ4n) is 4.76. The van der Waals surface area contributed by atoms with Gasteiger partial charge in [0.15, 0.2) is 0 Å². The van der Waals surface area contributed by atoms with Gasteiger partial charge in [-0.3, -0.25) is 0 Å². The van der Waals surface area contributed by atoms with Crippen LogP contribution >= 0.6 is 0 Å². The Hall–Kier alpha value is -1.55. The maximum Gasteiger partial charge on any atom is 0.317 e. The van der Waals surface area contributed by atoms with Gasteiger partial charge in [0.2, 0.25) is 0 Å². The lowest BCUT2D eigenvalue weighted by Crippen LogP contribution is -2.50. The van der Waals surface area contributed by atoms with Crippen LogP contribution in [-0.4, -0.2) is 43.3 Å². The number of amides is 2. The maximum absolute atomic E-state index is 12.7. The van der Waals surface area contributed by atoms with Gasteiger partial charge in [0, 0.05) is 37.8 Å². The fraction of sp³-hybridized carbons (Fsp3) is 0.650. The van der Waals surface area contributed by atoms with Crippen molar-refractivity contribution in [3.05, 3.63) is 35.4 Å². The van der Waals surface area contributed by atoms with Crippen molar-refractivity contribution in [1.82, 2.24) is 10.2 Å². The highest BCUT2D eigenvalue weighted by Crippen LogP contribution is 2.38. The van der Waals surface area contributed by atoms with Crippen LogP contribution in [0.5, 0.6) is 0 Å². The number of hydrogen-bond donors (Lipinski definition) is 1. The summed E-state index contributed by atoms with van der Waals surface area (Å²) in [6, 6.07) is 9.43. The van der Waals surface area contributed by atoms with E-state index in [0.717, 1.165) is 38.5 Å². The van der Waals surface area contributed by atoms with E-state index in [1.807, 2.05) is 0 Å². The number of hydrogen-bond acceptors (Lipinski definition) is 2. The molecule has 1 saturated carbocycles. The zero-order valence-corrected chi connectivity index (χ0v) is 14.6. The van der Waals surface area contributed by atoms with E-state index in [2.05, 4.69) is 41.4 Å². The molecule has 2 unspecified atom stereocenters. The first-order valence-electron chi connectivity index (χ1n) is 9.36. The van der Waals surface area contributed by atoms with Crippen molar-refractivity contribution < 1.29 is 9.53 Å². The number of piperidine rings is 1. The van der Waals surface area contributed by atoms with Crippen molar-refractivity contribution in [1.29, 1.82) is 0 Å². The first-order chi connectivity index (χ1) is 11.7. The Kier molecular flexibility index (Phi) is 4.25. The summed E-state index contributed by atoms with van der Waals surface area (Å²) in [6.45, 7) is 5.34. The van der Waals surface area contributed by atoms with Crippen LogP contribution in [0.1, 0.15) is 43.2 Å². The molecule has 0 spiro atoms. The number of aryl methyl sites for hydroxylation is 1. The van der Waals surface area contributed by atoms with Crippen molar-refractivity contribution in [2.24, 2.45) is 5.92 Å². The van der Waals surface area contributed by atoms with Crippen LogP contribution in [0.2, 0.25) is 0 Å². The van der Waals surface area contributed by atoms with E-state index < -0.39 is 0 Å². The number of carbonyl (C=O) groups is 1. The lowest BCUT2D eigenvalue weighted by atomic mass is 9.74. The largest absolute Gasteiger partial charge is 0.381 e. The molecule has 2 saturated heterocycles. The van der Waals surface area contributed by atoms with Crippen LogP contribution in [0.3, 0.4) is 0 Å². The summed E-state index contributed by atoms with van der Waals surface area (Å²) in [4.78, 5) is 14.8. The van der Waals surface area contributed by atoms with Gasteiger partial charge in [0.05, 0.1) is 0 Å². The summed E-state index contributed by atoms with van der Waals surface area (Å²) in [5.41, 5.74) is 2.62. The number of nitrogens with one attached hydrogen (secondary N) is 1. The monoisotopic (exact) mass is 328 g/mol. The summed E-state index contributed by atoms with van der Waals surface area (Å²) in [7, 11) is 0. The van der Waals surface area contributed by atoms with Gasteiger partial charge in [-0.1, -0.05) is 29.8 Å². The van der Waals surface area contributed by atoms with Crippen molar-refractivity contribution in [2.45, 2.75) is 50.5 Å². The van der Waals surface area contributed by atoms with Crippen LogP contribution in [0.4, 0.5) is 4.79 Å². The summed E-state index contributed by atoms with van der Waals surface area (Å²) in [5, 5.41) is 3.26. The van der Waals surface area contributed by atoms with Gasteiger partial charge in [-0.25, -0.2) is 4.79 Å². The first kappa shape index (κ1) is 15.9. The van der Waals surface area contributed by atoms with Gasteiger partial charge in [0.1, 0.15) is 0 Å². The minimum absolute atomic E-state index is 0.0142. The number of fused-ring (bicyclic) bond motifs is 2. The Balaban J connectivity index is 1.46. The van der Waals surface area contributed by atoms with Crippen molar-refractivity contribution in [3.8, 4) is 0 Å². The molecule has 0 radical (unpaired) electrons. The van der Waals surface area contributed by atoms with E-state index >= 15 is 0 Å². The summed E-state index contributed by atoms with van der Waals surface area (Å²) >= 11 is 0. The highest BCUT2D eigenvalue weighted by Gasteiger charge is 2.41. The second kappa shape index (κ2) is 6.40. The van der Waals surface area contributed by atoms with E-state index in [9.17, 15) is 4.79 Å². The van der Waals surface area contributed by atoms with E-state index in [4.69, 9.17) is 4.74 Å². The van der Waals surface area contributed by atoms with Gasteiger partial charge < -0.3 is 15.0 Å². The third-order valence-electron chi connectivity index (χ3n) is 6.36. The Morgan fingerprint density at radius 3 is 2.62 bits per heavy atom. The summed E-state index contributed by atoms with van der Waals surface area (Å²) in [5.74, 6) is 0.745. The standard InChI is InChI=1S/C20H28N2O2/c1-15-2-5-17(6-3-15)20(8-10-24-11-9-20)14-21-19(23)22-13-16-4-7-18(22)12-16/h2-3,5-6,16,18H,4,7-14H2,1H3,(H,21,23). The minimum Gasteiger partial charge on any atom is -0.381 e. The van der Waals surface area contributed by atoms with Crippen molar-refractivity contribution in [3.63, 3.8) is 0 Å². The van der Waals surface area contributed by atoms with Crippen molar-refractivity contribution >= 4 is 6.03 Å². The molecule has 4 rings (SSSR count). The molecule has 4 nitrogen and oxygen atoms in total. The van der Waals surface area contributed by atoms with Gasteiger partial charge in [-0.2, -0.15) is 0 Å². The third kappa shape index (κ3) is 2.92.